The zero-order chi connectivity index (χ0) is 15.4. The molecule has 0 fully saturated rings. The fourth-order valence-corrected chi connectivity index (χ4v) is 2.02. The quantitative estimate of drug-likeness (QED) is 0.776. The third kappa shape index (κ3) is 3.35. The van der Waals surface area contributed by atoms with Crippen molar-refractivity contribution in [2.45, 2.75) is 6.42 Å². The van der Waals surface area contributed by atoms with Gasteiger partial charge in [-0.3, -0.25) is 9.78 Å². The van der Waals surface area contributed by atoms with Gasteiger partial charge in [-0.05, 0) is 23.8 Å². The van der Waals surface area contributed by atoms with Crippen molar-refractivity contribution < 1.29 is 4.39 Å². The van der Waals surface area contributed by atoms with Gasteiger partial charge in [0.05, 0.1) is 0 Å². The first-order chi connectivity index (χ1) is 10.7. The predicted molar refractivity (Wildman–Crippen MR) is 81.6 cm³/mol. The molecule has 1 aromatic heterocycles. The highest BCUT2D eigenvalue weighted by atomic mass is 19.1. The summed E-state index contributed by atoms with van der Waals surface area (Å²) >= 11 is 0. The van der Waals surface area contributed by atoms with Gasteiger partial charge in [0.15, 0.2) is 0 Å². The van der Waals surface area contributed by atoms with Crippen LogP contribution in [0.4, 0.5) is 16.0 Å². The molecule has 0 aliphatic heterocycles. The Morgan fingerprint density at radius 3 is 2.59 bits per heavy atom. The molecule has 6 heteroatoms. The Morgan fingerprint density at radius 1 is 1.05 bits per heavy atom. The molecule has 0 atom stereocenters. The average Bonchev–Trinajstić information content (AvgIpc) is 2.51. The number of nitrogens with one attached hydrogen (secondary N) is 2. The Morgan fingerprint density at radius 2 is 1.86 bits per heavy atom. The van der Waals surface area contributed by atoms with Crippen molar-refractivity contribution in [3.05, 3.63) is 82.0 Å². The highest BCUT2D eigenvalue weighted by molar-refractivity contribution is 5.52. The van der Waals surface area contributed by atoms with Gasteiger partial charge in [-0.1, -0.05) is 36.4 Å². The van der Waals surface area contributed by atoms with Crippen LogP contribution >= 0.6 is 0 Å². The summed E-state index contributed by atoms with van der Waals surface area (Å²) in [7, 11) is 0. The fraction of sp³-hybridized carbons (Fsp3) is 0.0625. The lowest BCUT2D eigenvalue weighted by molar-refractivity contribution is 0.628. The number of nitrogens with zero attached hydrogens (tertiary/aromatic N) is 2. The molecule has 0 unspecified atom stereocenters. The number of hydrogen-bond donors (Lipinski definition) is 2. The minimum atomic E-state index is -0.374. The Bertz CT molecular complexity index is 833. The van der Waals surface area contributed by atoms with E-state index in [1.54, 1.807) is 12.1 Å². The third-order valence-electron chi connectivity index (χ3n) is 3.07. The molecule has 3 rings (SSSR count). The summed E-state index contributed by atoms with van der Waals surface area (Å²) in [6.45, 7) is 0. The molecule has 0 aliphatic carbocycles. The Balaban J connectivity index is 1.79. The van der Waals surface area contributed by atoms with E-state index in [0.29, 0.717) is 17.8 Å². The summed E-state index contributed by atoms with van der Waals surface area (Å²) in [5.41, 5.74) is 1.47. The molecule has 2 N–H and O–H groups in total. The molecule has 0 saturated heterocycles. The highest BCUT2D eigenvalue weighted by Crippen LogP contribution is 2.12. The zero-order valence-corrected chi connectivity index (χ0v) is 11.6. The first kappa shape index (κ1) is 13.9. The summed E-state index contributed by atoms with van der Waals surface area (Å²) in [5.74, 6) is -0.201. The van der Waals surface area contributed by atoms with Crippen LogP contribution in [-0.2, 0) is 6.42 Å². The van der Waals surface area contributed by atoms with Crippen LogP contribution in [0.3, 0.4) is 0 Å². The van der Waals surface area contributed by atoms with Crippen LogP contribution in [0.25, 0.3) is 0 Å². The number of benzene rings is 2. The Hall–Kier alpha value is -3.02. The number of anilines is 2. The van der Waals surface area contributed by atoms with Gasteiger partial charge in [0, 0.05) is 12.1 Å². The van der Waals surface area contributed by atoms with E-state index in [-0.39, 0.29) is 17.3 Å². The van der Waals surface area contributed by atoms with Crippen molar-refractivity contribution in [2.24, 2.45) is 0 Å². The number of aromatic nitrogens is 3. The Kier molecular flexibility index (Phi) is 3.91. The van der Waals surface area contributed by atoms with E-state index in [4.69, 9.17) is 0 Å². The average molecular weight is 296 g/mol. The predicted octanol–water partition coefficient (Wildman–Crippen LogP) is 2.64. The maximum Gasteiger partial charge on any atom is 0.274 e. The van der Waals surface area contributed by atoms with Gasteiger partial charge in [0.25, 0.3) is 5.56 Å². The van der Waals surface area contributed by atoms with Gasteiger partial charge in [0.2, 0.25) is 5.95 Å². The van der Waals surface area contributed by atoms with E-state index in [0.717, 1.165) is 5.56 Å². The SMILES string of the molecule is O=c1[nH]c(Nc2cccc(F)c2)nnc1Cc1ccccc1. The normalized spacial score (nSPS) is 10.4. The summed E-state index contributed by atoms with van der Waals surface area (Å²) < 4.78 is 13.1. The van der Waals surface area contributed by atoms with Crippen molar-refractivity contribution in [1.82, 2.24) is 15.2 Å². The van der Waals surface area contributed by atoms with Gasteiger partial charge in [-0.15, -0.1) is 10.2 Å². The van der Waals surface area contributed by atoms with Crippen LogP contribution in [-0.4, -0.2) is 15.2 Å². The molecular formula is C16H13FN4O. The van der Waals surface area contributed by atoms with E-state index >= 15 is 0 Å². The number of rotatable bonds is 4. The number of hydrogen-bond acceptors (Lipinski definition) is 4. The van der Waals surface area contributed by atoms with Crippen molar-refractivity contribution in [3.8, 4) is 0 Å². The summed E-state index contributed by atoms with van der Waals surface area (Å²) in [5, 5.41) is 10.7. The van der Waals surface area contributed by atoms with E-state index < -0.39 is 0 Å². The highest BCUT2D eigenvalue weighted by Gasteiger charge is 2.06. The molecule has 0 amide bonds. The third-order valence-corrected chi connectivity index (χ3v) is 3.07. The largest absolute Gasteiger partial charge is 0.324 e. The van der Waals surface area contributed by atoms with E-state index in [2.05, 4.69) is 20.5 Å². The van der Waals surface area contributed by atoms with Crippen LogP contribution in [0.1, 0.15) is 11.3 Å². The second kappa shape index (κ2) is 6.17. The molecule has 110 valence electrons. The summed E-state index contributed by atoms with van der Waals surface area (Å²) in [4.78, 5) is 14.6. The van der Waals surface area contributed by atoms with Crippen LogP contribution in [0.15, 0.2) is 59.4 Å². The van der Waals surface area contributed by atoms with Gasteiger partial charge in [0.1, 0.15) is 11.5 Å². The van der Waals surface area contributed by atoms with Crippen molar-refractivity contribution in [2.75, 3.05) is 5.32 Å². The lowest BCUT2D eigenvalue weighted by Gasteiger charge is -2.05. The maximum absolute atomic E-state index is 13.1. The standard InChI is InChI=1S/C16H13FN4O/c17-12-7-4-8-13(10-12)18-16-19-15(22)14(20-21-16)9-11-5-2-1-3-6-11/h1-8,10H,9H2,(H2,18,19,21,22). The number of aromatic amines is 1. The molecule has 1 heterocycles. The van der Waals surface area contributed by atoms with E-state index in [9.17, 15) is 9.18 Å². The second-order valence-electron chi connectivity index (χ2n) is 4.75. The monoisotopic (exact) mass is 296 g/mol. The van der Waals surface area contributed by atoms with Crippen LogP contribution in [0, 0.1) is 5.82 Å². The van der Waals surface area contributed by atoms with Crippen LogP contribution in [0.2, 0.25) is 0 Å². The first-order valence-corrected chi connectivity index (χ1v) is 6.73. The van der Waals surface area contributed by atoms with E-state index in [1.807, 2.05) is 30.3 Å². The van der Waals surface area contributed by atoms with Crippen molar-refractivity contribution in [3.63, 3.8) is 0 Å². The molecule has 5 nitrogen and oxygen atoms in total. The lowest BCUT2D eigenvalue weighted by atomic mass is 10.1. The van der Waals surface area contributed by atoms with Gasteiger partial charge in [-0.2, -0.15) is 0 Å². The molecule has 0 spiro atoms. The van der Waals surface area contributed by atoms with Crippen molar-refractivity contribution >= 4 is 11.6 Å². The van der Waals surface area contributed by atoms with Crippen LogP contribution < -0.4 is 10.9 Å². The van der Waals surface area contributed by atoms with Gasteiger partial charge in [-0.25, -0.2) is 4.39 Å². The Labute approximate surface area is 125 Å². The lowest BCUT2D eigenvalue weighted by Crippen LogP contribution is -2.18. The van der Waals surface area contributed by atoms with E-state index in [1.165, 1.54) is 12.1 Å². The molecule has 0 bridgehead atoms. The molecule has 0 aliphatic rings. The topological polar surface area (TPSA) is 70.7 Å². The second-order valence-corrected chi connectivity index (χ2v) is 4.75. The molecule has 2 aromatic carbocycles. The number of halogens is 1. The minimum Gasteiger partial charge on any atom is -0.324 e. The molecule has 22 heavy (non-hydrogen) atoms. The fourth-order valence-electron chi connectivity index (χ4n) is 2.02. The number of H-pyrrole nitrogens is 1. The van der Waals surface area contributed by atoms with Crippen LogP contribution in [0.5, 0.6) is 0 Å². The molecule has 0 radical (unpaired) electrons. The smallest absolute Gasteiger partial charge is 0.274 e. The summed E-state index contributed by atoms with van der Waals surface area (Å²) in [6, 6.07) is 15.4. The molecule has 3 aromatic rings. The van der Waals surface area contributed by atoms with Gasteiger partial charge >= 0.3 is 0 Å². The minimum absolute atomic E-state index is 0.174. The first-order valence-electron chi connectivity index (χ1n) is 6.73. The van der Waals surface area contributed by atoms with Gasteiger partial charge < -0.3 is 5.32 Å². The molecule has 0 saturated carbocycles. The van der Waals surface area contributed by atoms with Crippen molar-refractivity contribution in [1.29, 1.82) is 0 Å². The molecular weight excluding hydrogens is 283 g/mol. The summed E-state index contributed by atoms with van der Waals surface area (Å²) in [6.07, 6.45) is 0.406. The maximum atomic E-state index is 13.1. The zero-order valence-electron chi connectivity index (χ0n) is 11.6.